The van der Waals surface area contributed by atoms with Crippen LogP contribution in [0.2, 0.25) is 0 Å². The molecule has 0 bridgehead atoms. The standard InChI is InChI=1S/C18H15N3O6S3/c1-29(22,23)15(16-20-21-18(26-16)27-30(2,24)25)17-19-13-9-8-12(10-14(13)28-17)11-6-4-3-5-7-11/h3-10,15H,1-2H3. The lowest BCUT2D eigenvalue weighted by Gasteiger charge is -2.06. The first-order valence-electron chi connectivity index (χ1n) is 8.48. The Bertz CT molecular complexity index is 1430. The highest BCUT2D eigenvalue weighted by Gasteiger charge is 2.34. The van der Waals surface area contributed by atoms with Crippen molar-refractivity contribution in [3.05, 3.63) is 59.4 Å². The Balaban J connectivity index is 1.77. The van der Waals surface area contributed by atoms with Gasteiger partial charge in [-0.2, -0.15) is 8.42 Å². The monoisotopic (exact) mass is 465 g/mol. The van der Waals surface area contributed by atoms with Crippen molar-refractivity contribution in [1.82, 2.24) is 15.2 Å². The van der Waals surface area contributed by atoms with Crippen molar-refractivity contribution in [2.75, 3.05) is 12.5 Å². The van der Waals surface area contributed by atoms with Crippen molar-refractivity contribution in [2.45, 2.75) is 5.25 Å². The zero-order valence-electron chi connectivity index (χ0n) is 15.7. The van der Waals surface area contributed by atoms with E-state index in [4.69, 9.17) is 4.42 Å². The number of hydrogen-bond acceptors (Lipinski definition) is 10. The first-order valence-corrected chi connectivity index (χ1v) is 13.1. The van der Waals surface area contributed by atoms with E-state index in [1.165, 1.54) is 11.3 Å². The number of nitrogens with zero attached hydrogens (tertiary/aromatic N) is 3. The SMILES string of the molecule is CS(=O)(=O)Oc1nnc(C(c2nc3ccc(-c4ccccc4)cc3s2)S(C)(=O)=O)o1. The third kappa shape index (κ3) is 4.35. The second kappa shape index (κ2) is 7.45. The maximum Gasteiger partial charge on any atom is 0.430 e. The van der Waals surface area contributed by atoms with E-state index < -0.39 is 31.3 Å². The molecule has 1 unspecified atom stereocenters. The molecule has 0 saturated carbocycles. The summed E-state index contributed by atoms with van der Waals surface area (Å²) in [6, 6.07) is 15.4. The third-order valence-corrected chi connectivity index (χ3v) is 6.99. The number of hydrogen-bond donors (Lipinski definition) is 0. The molecule has 0 aliphatic carbocycles. The fourth-order valence-corrected chi connectivity index (χ4v) is 5.68. The Morgan fingerprint density at radius 1 is 0.967 bits per heavy atom. The van der Waals surface area contributed by atoms with Gasteiger partial charge in [0.05, 0.1) is 16.5 Å². The molecular weight excluding hydrogens is 450 g/mol. The number of fused-ring (bicyclic) bond motifs is 1. The van der Waals surface area contributed by atoms with Gasteiger partial charge in [0.25, 0.3) is 0 Å². The Kier molecular flexibility index (Phi) is 5.08. The molecule has 4 rings (SSSR count). The van der Waals surface area contributed by atoms with Crippen LogP contribution < -0.4 is 4.18 Å². The lowest BCUT2D eigenvalue weighted by atomic mass is 10.1. The van der Waals surface area contributed by atoms with Gasteiger partial charge in [-0.25, -0.2) is 13.4 Å². The van der Waals surface area contributed by atoms with E-state index in [-0.39, 0.29) is 10.9 Å². The molecule has 2 aromatic heterocycles. The summed E-state index contributed by atoms with van der Waals surface area (Å²) in [5.41, 5.74) is 2.61. The molecule has 4 aromatic rings. The number of benzene rings is 2. The highest BCUT2D eigenvalue weighted by molar-refractivity contribution is 7.91. The van der Waals surface area contributed by atoms with Crippen molar-refractivity contribution in [2.24, 2.45) is 0 Å². The van der Waals surface area contributed by atoms with Crippen LogP contribution >= 0.6 is 11.3 Å². The third-order valence-electron chi connectivity index (χ3n) is 4.03. The maximum absolute atomic E-state index is 12.5. The van der Waals surface area contributed by atoms with E-state index in [1.807, 2.05) is 48.5 Å². The first kappa shape index (κ1) is 20.4. The van der Waals surface area contributed by atoms with Crippen LogP contribution in [0.25, 0.3) is 21.3 Å². The van der Waals surface area contributed by atoms with Crippen LogP contribution in [0, 0.1) is 0 Å². The fourth-order valence-electron chi connectivity index (χ4n) is 2.83. The molecule has 30 heavy (non-hydrogen) atoms. The summed E-state index contributed by atoms with van der Waals surface area (Å²) in [6.45, 7) is 0. The minimum atomic E-state index is -3.90. The molecular formula is C18H15N3O6S3. The smallest absolute Gasteiger partial charge is 0.391 e. The second-order valence-corrected chi connectivity index (χ2v) is 11.3. The highest BCUT2D eigenvalue weighted by atomic mass is 32.2. The molecule has 0 radical (unpaired) electrons. The van der Waals surface area contributed by atoms with Gasteiger partial charge in [-0.05, 0) is 23.3 Å². The normalized spacial score (nSPS) is 13.4. The molecule has 0 saturated heterocycles. The highest BCUT2D eigenvalue weighted by Crippen LogP contribution is 2.36. The van der Waals surface area contributed by atoms with E-state index in [0.717, 1.165) is 28.3 Å². The summed E-state index contributed by atoms with van der Waals surface area (Å²) in [6.07, 6.45) is 1.16. The van der Waals surface area contributed by atoms with Crippen LogP contribution in [0.1, 0.15) is 16.1 Å². The second-order valence-electron chi connectivity index (χ2n) is 6.50. The number of aromatic nitrogens is 3. The first-order chi connectivity index (χ1) is 14.1. The van der Waals surface area contributed by atoms with Crippen LogP contribution in [0.15, 0.2) is 52.9 Å². The predicted octanol–water partition coefficient (Wildman–Crippen LogP) is 2.82. The van der Waals surface area contributed by atoms with Crippen molar-refractivity contribution >= 4 is 41.5 Å². The van der Waals surface area contributed by atoms with Crippen LogP contribution in [0.5, 0.6) is 6.08 Å². The van der Waals surface area contributed by atoms with E-state index in [9.17, 15) is 16.8 Å². The van der Waals surface area contributed by atoms with Gasteiger partial charge in [-0.15, -0.1) is 16.4 Å². The Hall–Kier alpha value is -2.83. The summed E-state index contributed by atoms with van der Waals surface area (Å²) in [5.74, 6) is -0.321. The molecule has 0 fully saturated rings. The van der Waals surface area contributed by atoms with Gasteiger partial charge in [-0.1, -0.05) is 41.5 Å². The van der Waals surface area contributed by atoms with Crippen LogP contribution in [-0.2, 0) is 20.0 Å². The minimum absolute atomic E-state index is 0.229. The maximum atomic E-state index is 12.5. The molecule has 0 amide bonds. The molecule has 0 aliphatic rings. The van der Waals surface area contributed by atoms with Crippen molar-refractivity contribution in [3.8, 4) is 17.2 Å². The van der Waals surface area contributed by atoms with Crippen molar-refractivity contribution in [1.29, 1.82) is 0 Å². The molecule has 1 atom stereocenters. The van der Waals surface area contributed by atoms with Crippen molar-refractivity contribution in [3.63, 3.8) is 0 Å². The zero-order valence-corrected chi connectivity index (χ0v) is 18.2. The summed E-state index contributed by atoms with van der Waals surface area (Å²) >= 11 is 1.18. The van der Waals surface area contributed by atoms with Gasteiger partial charge in [0.1, 0.15) is 5.01 Å². The van der Waals surface area contributed by atoms with Gasteiger partial charge >= 0.3 is 16.2 Å². The summed E-state index contributed by atoms with van der Waals surface area (Å²) in [7, 11) is -7.66. The largest absolute Gasteiger partial charge is 0.430 e. The average molecular weight is 466 g/mol. The quantitative estimate of drug-likeness (QED) is 0.395. The molecule has 0 aliphatic heterocycles. The summed E-state index contributed by atoms with van der Waals surface area (Å²) in [5, 5.41) is 6.01. The van der Waals surface area contributed by atoms with Crippen LogP contribution in [0.4, 0.5) is 0 Å². The molecule has 12 heteroatoms. The van der Waals surface area contributed by atoms with E-state index >= 15 is 0 Å². The lowest BCUT2D eigenvalue weighted by Crippen LogP contribution is -2.13. The molecule has 2 heterocycles. The van der Waals surface area contributed by atoms with Gasteiger partial charge in [0.2, 0.25) is 5.89 Å². The molecule has 2 aromatic carbocycles. The van der Waals surface area contributed by atoms with E-state index in [2.05, 4.69) is 19.4 Å². The summed E-state index contributed by atoms with van der Waals surface area (Å²) in [4.78, 5) is 4.43. The lowest BCUT2D eigenvalue weighted by molar-refractivity contribution is 0.356. The number of sulfone groups is 1. The zero-order chi connectivity index (χ0) is 21.5. The number of rotatable bonds is 6. The van der Waals surface area contributed by atoms with E-state index in [0.29, 0.717) is 5.52 Å². The number of thiazole rings is 1. The molecule has 0 N–H and O–H groups in total. The Morgan fingerprint density at radius 2 is 1.70 bits per heavy atom. The fraction of sp³-hybridized carbons (Fsp3) is 0.167. The minimum Gasteiger partial charge on any atom is -0.391 e. The topological polar surface area (TPSA) is 129 Å². The van der Waals surface area contributed by atoms with Crippen LogP contribution in [0.3, 0.4) is 0 Å². The van der Waals surface area contributed by atoms with E-state index in [1.54, 1.807) is 0 Å². The van der Waals surface area contributed by atoms with Crippen molar-refractivity contribution < 1.29 is 25.4 Å². The van der Waals surface area contributed by atoms with Gasteiger partial charge < -0.3 is 8.60 Å². The molecule has 156 valence electrons. The Morgan fingerprint density at radius 3 is 2.37 bits per heavy atom. The summed E-state index contributed by atoms with van der Waals surface area (Å²) < 4.78 is 57.9. The van der Waals surface area contributed by atoms with Gasteiger partial charge in [0.15, 0.2) is 15.1 Å². The molecule has 9 nitrogen and oxygen atoms in total. The van der Waals surface area contributed by atoms with Crippen LogP contribution in [-0.4, -0.2) is 44.5 Å². The van der Waals surface area contributed by atoms with Gasteiger partial charge in [-0.3, -0.25) is 0 Å². The Labute approximate surface area is 176 Å². The van der Waals surface area contributed by atoms with Gasteiger partial charge in [0, 0.05) is 6.26 Å². The molecule has 0 spiro atoms. The predicted molar refractivity (Wildman–Crippen MR) is 112 cm³/mol. The average Bonchev–Trinajstić information content (AvgIpc) is 3.26.